The van der Waals surface area contributed by atoms with Crippen molar-refractivity contribution in [2.75, 3.05) is 0 Å². The van der Waals surface area contributed by atoms with Crippen LogP contribution in [0.2, 0.25) is 0 Å². The van der Waals surface area contributed by atoms with Gasteiger partial charge in [-0.3, -0.25) is 0 Å². The minimum absolute atomic E-state index is 1.00. The van der Waals surface area contributed by atoms with Gasteiger partial charge >= 0.3 is 12.1 Å². The highest BCUT2D eigenvalue weighted by Gasteiger charge is 2.38. The average Bonchev–Trinajstić information content (AvgIpc) is 2.50. The number of carbonyl (C=O) groups is 1. The van der Waals surface area contributed by atoms with E-state index in [-0.39, 0.29) is 0 Å². The predicted molar refractivity (Wildman–Crippen MR) is 46.4 cm³/mol. The molecule has 7 heteroatoms. The number of nitrogens with one attached hydrogen (secondary N) is 1. The molecule has 0 aliphatic heterocycles. The first kappa shape index (κ1) is 13.5. The van der Waals surface area contributed by atoms with E-state index in [4.69, 9.17) is 9.90 Å². The quantitative estimate of drug-likeness (QED) is 0.765. The molecule has 1 aromatic heterocycles. The Bertz CT molecular complexity index is 320. The van der Waals surface area contributed by atoms with E-state index < -0.39 is 12.1 Å². The van der Waals surface area contributed by atoms with Gasteiger partial charge in [0.2, 0.25) is 0 Å². The zero-order valence-corrected chi connectivity index (χ0v) is 8.22. The van der Waals surface area contributed by atoms with Gasteiger partial charge in [-0.2, -0.15) is 13.2 Å². The molecular weight excluding hydrogens is 213 g/mol. The van der Waals surface area contributed by atoms with Crippen LogP contribution >= 0.6 is 0 Å². The summed E-state index contributed by atoms with van der Waals surface area (Å²) in [6.45, 7) is 4.05. The monoisotopic (exact) mass is 224 g/mol. The number of nitrogens with zero attached hydrogens (tertiary/aromatic N) is 1. The molecule has 4 nitrogen and oxygen atoms in total. The Labute approximate surface area is 84.1 Å². The number of aromatic nitrogens is 2. The fourth-order valence-corrected chi connectivity index (χ4v) is 0.649. The van der Waals surface area contributed by atoms with Crippen LogP contribution in [-0.4, -0.2) is 27.2 Å². The van der Waals surface area contributed by atoms with Gasteiger partial charge in [0.1, 0.15) is 5.82 Å². The summed E-state index contributed by atoms with van der Waals surface area (Å²) >= 11 is 0. The molecule has 0 aliphatic rings. The van der Waals surface area contributed by atoms with Gasteiger partial charge in [0, 0.05) is 6.20 Å². The SMILES string of the molecule is CCc1c[nH]c(C)n1.O=C(O)C(F)(F)F. The lowest BCUT2D eigenvalue weighted by Crippen LogP contribution is -2.21. The average molecular weight is 224 g/mol. The number of halogens is 3. The summed E-state index contributed by atoms with van der Waals surface area (Å²) in [5.74, 6) is -1.76. The number of H-pyrrole nitrogens is 1. The lowest BCUT2D eigenvalue weighted by Gasteiger charge is -1.93. The Morgan fingerprint density at radius 2 is 2.07 bits per heavy atom. The molecule has 2 N–H and O–H groups in total. The molecule has 0 spiro atoms. The minimum Gasteiger partial charge on any atom is -0.475 e. The van der Waals surface area contributed by atoms with Crippen molar-refractivity contribution in [3.63, 3.8) is 0 Å². The van der Waals surface area contributed by atoms with Gasteiger partial charge < -0.3 is 10.1 Å². The Morgan fingerprint density at radius 3 is 2.20 bits per heavy atom. The number of rotatable bonds is 1. The minimum atomic E-state index is -5.08. The molecule has 0 bridgehead atoms. The highest BCUT2D eigenvalue weighted by Crippen LogP contribution is 2.13. The van der Waals surface area contributed by atoms with E-state index in [1.54, 1.807) is 0 Å². The van der Waals surface area contributed by atoms with Gasteiger partial charge in [0.25, 0.3) is 0 Å². The van der Waals surface area contributed by atoms with Gasteiger partial charge in [-0.05, 0) is 13.3 Å². The first-order valence-electron chi connectivity index (χ1n) is 4.08. The summed E-state index contributed by atoms with van der Waals surface area (Å²) in [4.78, 5) is 16.1. The van der Waals surface area contributed by atoms with Crippen molar-refractivity contribution >= 4 is 5.97 Å². The van der Waals surface area contributed by atoms with Gasteiger partial charge in [-0.1, -0.05) is 6.92 Å². The van der Waals surface area contributed by atoms with Crippen molar-refractivity contribution in [1.29, 1.82) is 0 Å². The largest absolute Gasteiger partial charge is 0.490 e. The maximum Gasteiger partial charge on any atom is 0.490 e. The number of aryl methyl sites for hydroxylation is 2. The number of aliphatic carboxylic acids is 1. The van der Waals surface area contributed by atoms with E-state index in [0.29, 0.717) is 0 Å². The van der Waals surface area contributed by atoms with E-state index in [9.17, 15) is 13.2 Å². The Morgan fingerprint density at radius 1 is 1.60 bits per heavy atom. The van der Waals surface area contributed by atoms with Crippen LogP contribution in [0.3, 0.4) is 0 Å². The molecule has 0 aromatic carbocycles. The molecule has 1 rings (SSSR count). The van der Waals surface area contributed by atoms with Crippen LogP contribution < -0.4 is 0 Å². The summed E-state index contributed by atoms with van der Waals surface area (Å²) in [7, 11) is 0. The molecule has 0 fully saturated rings. The Hall–Kier alpha value is -1.53. The second-order valence-corrected chi connectivity index (χ2v) is 2.63. The molecule has 0 saturated carbocycles. The highest BCUT2D eigenvalue weighted by atomic mass is 19.4. The fourth-order valence-electron chi connectivity index (χ4n) is 0.649. The van der Waals surface area contributed by atoms with E-state index in [0.717, 1.165) is 17.9 Å². The molecule has 1 heterocycles. The molecule has 1 aromatic rings. The molecule has 86 valence electrons. The first-order chi connectivity index (χ1) is 6.77. The number of carboxylic acid groups (broad SMARTS) is 1. The fraction of sp³-hybridized carbons (Fsp3) is 0.500. The third-order valence-electron chi connectivity index (χ3n) is 1.36. The second kappa shape index (κ2) is 5.38. The van der Waals surface area contributed by atoms with Crippen molar-refractivity contribution in [3.05, 3.63) is 17.7 Å². The van der Waals surface area contributed by atoms with E-state index in [1.807, 2.05) is 13.1 Å². The first-order valence-corrected chi connectivity index (χ1v) is 4.08. The van der Waals surface area contributed by atoms with Crippen LogP contribution in [-0.2, 0) is 11.2 Å². The van der Waals surface area contributed by atoms with Gasteiger partial charge in [-0.25, -0.2) is 9.78 Å². The normalized spacial score (nSPS) is 10.5. The summed E-state index contributed by atoms with van der Waals surface area (Å²) in [5, 5.41) is 7.12. The standard InChI is InChI=1S/C6H10N2.C2HF3O2/c1-3-6-4-7-5(2)8-6;3-2(4,5)1(6)7/h4H,3H2,1-2H3,(H,7,8);(H,6,7). The van der Waals surface area contributed by atoms with Crippen molar-refractivity contribution in [3.8, 4) is 0 Å². The number of imidazole rings is 1. The Kier molecular flexibility index (Phi) is 4.83. The number of aromatic amines is 1. The molecule has 15 heavy (non-hydrogen) atoms. The highest BCUT2D eigenvalue weighted by molar-refractivity contribution is 5.73. The van der Waals surface area contributed by atoms with Crippen LogP contribution in [0.15, 0.2) is 6.20 Å². The second-order valence-electron chi connectivity index (χ2n) is 2.63. The van der Waals surface area contributed by atoms with Crippen LogP contribution in [0.5, 0.6) is 0 Å². The van der Waals surface area contributed by atoms with Crippen LogP contribution in [0.1, 0.15) is 18.4 Å². The maximum atomic E-state index is 10.6. The molecule has 0 amide bonds. The van der Waals surface area contributed by atoms with E-state index >= 15 is 0 Å². The third-order valence-corrected chi connectivity index (χ3v) is 1.36. The van der Waals surface area contributed by atoms with Crippen molar-refractivity contribution in [1.82, 2.24) is 9.97 Å². The molecular formula is C8H11F3N2O2. The van der Waals surface area contributed by atoms with Gasteiger partial charge in [-0.15, -0.1) is 0 Å². The van der Waals surface area contributed by atoms with Crippen LogP contribution in [0.25, 0.3) is 0 Å². The summed E-state index contributed by atoms with van der Waals surface area (Å²) in [6, 6.07) is 0. The molecule has 0 saturated heterocycles. The van der Waals surface area contributed by atoms with Crippen LogP contribution in [0.4, 0.5) is 13.2 Å². The summed E-state index contributed by atoms with van der Waals surface area (Å²) in [5.41, 5.74) is 1.14. The topological polar surface area (TPSA) is 66.0 Å². The summed E-state index contributed by atoms with van der Waals surface area (Å²) in [6.07, 6.45) is -2.13. The lowest BCUT2D eigenvalue weighted by molar-refractivity contribution is -0.192. The van der Waals surface area contributed by atoms with E-state index in [2.05, 4.69) is 16.9 Å². The van der Waals surface area contributed by atoms with Crippen molar-refractivity contribution in [2.24, 2.45) is 0 Å². The van der Waals surface area contributed by atoms with E-state index in [1.165, 1.54) is 0 Å². The number of hydrogen-bond donors (Lipinski definition) is 2. The maximum absolute atomic E-state index is 10.6. The number of alkyl halides is 3. The predicted octanol–water partition coefficient (Wildman–Crippen LogP) is 1.91. The van der Waals surface area contributed by atoms with Crippen LogP contribution in [0, 0.1) is 6.92 Å². The zero-order chi connectivity index (χ0) is 12.1. The van der Waals surface area contributed by atoms with Gasteiger partial charge in [0.15, 0.2) is 0 Å². The molecule has 0 atom stereocenters. The smallest absolute Gasteiger partial charge is 0.475 e. The summed E-state index contributed by atoms with van der Waals surface area (Å²) < 4.78 is 31.7. The van der Waals surface area contributed by atoms with Crippen molar-refractivity contribution < 1.29 is 23.1 Å². The zero-order valence-electron chi connectivity index (χ0n) is 8.22. The lowest BCUT2D eigenvalue weighted by atomic mass is 10.4. The molecule has 0 aliphatic carbocycles. The van der Waals surface area contributed by atoms with Gasteiger partial charge in [0.05, 0.1) is 5.69 Å². The number of hydrogen-bond acceptors (Lipinski definition) is 2. The third kappa shape index (κ3) is 5.71. The molecule has 0 unspecified atom stereocenters. The molecule has 0 radical (unpaired) electrons. The Balaban J connectivity index is 0.000000265. The van der Waals surface area contributed by atoms with Crippen molar-refractivity contribution in [2.45, 2.75) is 26.4 Å². The number of carboxylic acids is 1.